The van der Waals surface area contributed by atoms with E-state index in [1.807, 2.05) is 23.6 Å². The molecule has 1 aromatic heterocycles. The van der Waals surface area contributed by atoms with Crippen LogP contribution in [0.3, 0.4) is 0 Å². The average molecular weight is 376 g/mol. The van der Waals surface area contributed by atoms with E-state index in [-0.39, 0.29) is 0 Å². The van der Waals surface area contributed by atoms with Gasteiger partial charge in [-0.2, -0.15) is 22.7 Å². The molecule has 1 aliphatic rings. The van der Waals surface area contributed by atoms with Gasteiger partial charge < -0.3 is 5.32 Å². The fourth-order valence-electron chi connectivity index (χ4n) is 2.64. The Morgan fingerprint density at radius 1 is 1.36 bits per heavy atom. The molecular weight excluding hydrogens is 360 g/mol. The maximum absolute atomic E-state index is 12.6. The van der Waals surface area contributed by atoms with Crippen molar-refractivity contribution in [1.29, 1.82) is 5.26 Å². The Bertz CT molecular complexity index is 902. The van der Waals surface area contributed by atoms with Gasteiger partial charge in [-0.1, -0.05) is 6.07 Å². The Kier molecular flexibility index (Phi) is 4.87. The molecule has 3 rings (SSSR count). The van der Waals surface area contributed by atoms with Crippen LogP contribution >= 0.6 is 11.3 Å². The molecule has 2 heterocycles. The van der Waals surface area contributed by atoms with E-state index in [1.165, 1.54) is 18.4 Å². The second kappa shape index (κ2) is 6.93. The zero-order valence-corrected chi connectivity index (χ0v) is 15.0. The molecule has 7 nitrogen and oxygen atoms in total. The summed E-state index contributed by atoms with van der Waals surface area (Å²) in [5, 5.41) is 13.4. The summed E-state index contributed by atoms with van der Waals surface area (Å²) in [6.07, 6.45) is 0.332. The van der Waals surface area contributed by atoms with E-state index in [1.54, 1.807) is 24.3 Å². The lowest BCUT2D eigenvalue weighted by Gasteiger charge is -2.35. The highest BCUT2D eigenvalue weighted by Crippen LogP contribution is 2.30. The molecule has 1 aliphatic heterocycles. The molecule has 25 heavy (non-hydrogen) atoms. The van der Waals surface area contributed by atoms with Gasteiger partial charge in [-0.3, -0.25) is 4.79 Å². The van der Waals surface area contributed by atoms with Crippen LogP contribution in [0, 0.1) is 11.3 Å². The van der Waals surface area contributed by atoms with Crippen molar-refractivity contribution in [2.24, 2.45) is 0 Å². The van der Waals surface area contributed by atoms with Crippen LogP contribution in [0.15, 0.2) is 41.8 Å². The first kappa shape index (κ1) is 17.6. The van der Waals surface area contributed by atoms with Crippen LogP contribution in [0.4, 0.5) is 5.69 Å². The minimum Gasteiger partial charge on any atom is -0.325 e. The second-order valence-corrected chi connectivity index (χ2v) is 8.38. The fraction of sp³-hybridized carbons (Fsp3) is 0.250. The third kappa shape index (κ3) is 3.72. The molecule has 1 aromatic carbocycles. The molecule has 2 unspecified atom stereocenters. The van der Waals surface area contributed by atoms with Crippen LogP contribution in [0.5, 0.6) is 0 Å². The van der Waals surface area contributed by atoms with Gasteiger partial charge >= 0.3 is 0 Å². The van der Waals surface area contributed by atoms with E-state index in [0.717, 1.165) is 9.18 Å². The number of thiophene rings is 1. The third-order valence-corrected chi connectivity index (χ3v) is 6.62. The summed E-state index contributed by atoms with van der Waals surface area (Å²) >= 11 is 1.45. The third-order valence-electron chi connectivity index (χ3n) is 4.04. The summed E-state index contributed by atoms with van der Waals surface area (Å²) < 4.78 is 28.3. The number of nitrogens with zero attached hydrogens (tertiary/aromatic N) is 2. The monoisotopic (exact) mass is 376 g/mol. The van der Waals surface area contributed by atoms with Crippen molar-refractivity contribution in [1.82, 2.24) is 9.03 Å². The zero-order chi connectivity index (χ0) is 18.0. The predicted molar refractivity (Wildman–Crippen MR) is 95.1 cm³/mol. The Hall–Kier alpha value is -2.25. The molecular formula is C16H16N4O3S2. The summed E-state index contributed by atoms with van der Waals surface area (Å²) in [5.41, 5.74) is 0.998. The lowest BCUT2D eigenvalue weighted by molar-refractivity contribution is -0.120. The molecule has 0 aliphatic carbocycles. The van der Waals surface area contributed by atoms with Gasteiger partial charge in [0.2, 0.25) is 5.91 Å². The van der Waals surface area contributed by atoms with Crippen molar-refractivity contribution < 1.29 is 13.2 Å². The van der Waals surface area contributed by atoms with Gasteiger partial charge in [0.25, 0.3) is 10.2 Å². The first-order valence-corrected chi connectivity index (χ1v) is 9.82. The van der Waals surface area contributed by atoms with Crippen LogP contribution < -0.4 is 10.0 Å². The van der Waals surface area contributed by atoms with E-state index in [9.17, 15) is 13.2 Å². The van der Waals surface area contributed by atoms with Gasteiger partial charge in [0.1, 0.15) is 6.04 Å². The number of carbonyl (C=O) groups excluding carboxylic acids is 1. The maximum Gasteiger partial charge on any atom is 0.280 e. The van der Waals surface area contributed by atoms with E-state index in [2.05, 4.69) is 10.0 Å². The molecule has 9 heteroatoms. The molecule has 1 fully saturated rings. The summed E-state index contributed by atoms with van der Waals surface area (Å²) in [6.45, 7) is 0. The van der Waals surface area contributed by atoms with Gasteiger partial charge in [0, 0.05) is 17.6 Å². The Balaban J connectivity index is 1.80. The Morgan fingerprint density at radius 2 is 2.08 bits per heavy atom. The highest BCUT2D eigenvalue weighted by Gasteiger charge is 2.40. The molecule has 130 valence electrons. The van der Waals surface area contributed by atoms with Crippen molar-refractivity contribution in [2.45, 2.75) is 18.5 Å². The molecule has 2 atom stereocenters. The van der Waals surface area contributed by atoms with Crippen LogP contribution in [0.2, 0.25) is 0 Å². The van der Waals surface area contributed by atoms with Crippen molar-refractivity contribution in [3.05, 3.63) is 52.2 Å². The maximum atomic E-state index is 12.6. The summed E-state index contributed by atoms with van der Waals surface area (Å²) in [4.78, 5) is 13.5. The van der Waals surface area contributed by atoms with E-state index in [4.69, 9.17) is 5.26 Å². The van der Waals surface area contributed by atoms with E-state index < -0.39 is 28.2 Å². The topological polar surface area (TPSA) is 102 Å². The second-order valence-electron chi connectivity index (χ2n) is 5.64. The predicted octanol–water partition coefficient (Wildman–Crippen LogP) is 1.84. The zero-order valence-electron chi connectivity index (χ0n) is 13.3. The quantitative estimate of drug-likeness (QED) is 0.853. The van der Waals surface area contributed by atoms with Crippen LogP contribution in [-0.2, 0) is 15.0 Å². The van der Waals surface area contributed by atoms with Gasteiger partial charge in [0.05, 0.1) is 17.7 Å². The SMILES string of the molecule is CN1C(C(=O)Nc2ccc(C#N)cc2)CC(c2cccs2)NS1(=O)=O. The molecule has 1 amide bonds. The molecule has 0 radical (unpaired) electrons. The number of hydrogen-bond donors (Lipinski definition) is 2. The Morgan fingerprint density at radius 3 is 2.68 bits per heavy atom. The van der Waals surface area contributed by atoms with E-state index in [0.29, 0.717) is 17.7 Å². The standard InChI is InChI=1S/C16H16N4O3S2/c1-20-14(16(21)18-12-6-4-11(10-17)5-7-12)9-13(19-25(20,22)23)15-3-2-8-24-15/h2-8,13-14,19H,9H2,1H3,(H,18,21). The highest BCUT2D eigenvalue weighted by molar-refractivity contribution is 7.87. The number of nitrogens with one attached hydrogen (secondary N) is 2. The van der Waals surface area contributed by atoms with Crippen molar-refractivity contribution in [3.8, 4) is 6.07 Å². The lowest BCUT2D eigenvalue weighted by atomic mass is 10.1. The molecule has 0 bridgehead atoms. The number of likely N-dealkylation sites (N-methyl/N-ethyl adjacent to an activating group) is 1. The van der Waals surface area contributed by atoms with Crippen molar-refractivity contribution in [2.75, 3.05) is 12.4 Å². The van der Waals surface area contributed by atoms with Gasteiger partial charge in [-0.25, -0.2) is 0 Å². The number of benzene rings is 1. The molecule has 2 aromatic rings. The van der Waals surface area contributed by atoms with E-state index >= 15 is 0 Å². The molecule has 0 spiro atoms. The smallest absolute Gasteiger partial charge is 0.280 e. The normalized spacial score (nSPS) is 22.9. The number of hydrogen-bond acceptors (Lipinski definition) is 5. The number of nitriles is 1. The molecule has 1 saturated heterocycles. The number of anilines is 1. The molecule has 0 saturated carbocycles. The van der Waals surface area contributed by atoms with Crippen molar-refractivity contribution >= 4 is 33.1 Å². The number of rotatable bonds is 3. The fourth-order valence-corrected chi connectivity index (χ4v) is 4.77. The number of carbonyl (C=O) groups is 1. The summed E-state index contributed by atoms with van der Waals surface area (Å²) in [7, 11) is -2.36. The van der Waals surface area contributed by atoms with Gasteiger partial charge in [-0.05, 0) is 42.1 Å². The lowest BCUT2D eigenvalue weighted by Crippen LogP contribution is -2.55. The first-order valence-electron chi connectivity index (χ1n) is 7.50. The Labute approximate surface area is 150 Å². The van der Waals surface area contributed by atoms with Crippen molar-refractivity contribution in [3.63, 3.8) is 0 Å². The van der Waals surface area contributed by atoms with Gasteiger partial charge in [0.15, 0.2) is 0 Å². The number of amides is 1. The molecule has 2 N–H and O–H groups in total. The van der Waals surface area contributed by atoms with Crippen LogP contribution in [0.25, 0.3) is 0 Å². The summed E-state index contributed by atoms with van der Waals surface area (Å²) in [6, 6.07) is 10.8. The minimum absolute atomic E-state index is 0.332. The average Bonchev–Trinajstić information content (AvgIpc) is 3.12. The van der Waals surface area contributed by atoms with Crippen LogP contribution in [0.1, 0.15) is 22.9 Å². The van der Waals surface area contributed by atoms with Crippen LogP contribution in [-0.4, -0.2) is 31.7 Å². The first-order chi connectivity index (χ1) is 11.9. The largest absolute Gasteiger partial charge is 0.325 e. The van der Waals surface area contributed by atoms with Gasteiger partial charge in [-0.15, -0.1) is 11.3 Å². The highest BCUT2D eigenvalue weighted by atomic mass is 32.2. The minimum atomic E-state index is -3.75. The summed E-state index contributed by atoms with van der Waals surface area (Å²) in [5.74, 6) is -0.404.